The Hall–Kier alpha value is -3.35. The van der Waals surface area contributed by atoms with Crippen LogP contribution < -0.4 is 10.6 Å². The molecule has 7 heteroatoms. The minimum Gasteiger partial charge on any atom is -0.463 e. The molecule has 1 fully saturated rings. The van der Waals surface area contributed by atoms with Crippen molar-refractivity contribution >= 4 is 17.8 Å². The van der Waals surface area contributed by atoms with Crippen LogP contribution in [0.5, 0.6) is 0 Å². The van der Waals surface area contributed by atoms with Crippen LogP contribution in [-0.2, 0) is 14.3 Å². The van der Waals surface area contributed by atoms with Crippen molar-refractivity contribution in [1.82, 2.24) is 10.6 Å². The second kappa shape index (κ2) is 9.91. The monoisotopic (exact) mass is 410 g/mol. The molecule has 0 radical (unpaired) electrons. The van der Waals surface area contributed by atoms with Gasteiger partial charge in [-0.05, 0) is 32.8 Å². The number of aryl methyl sites for hydroxylation is 1. The molecule has 2 aromatic rings. The fourth-order valence-corrected chi connectivity index (χ4v) is 3.45. The zero-order valence-electron chi connectivity index (χ0n) is 17.1. The Labute approximate surface area is 175 Å². The number of carbonyl (C=O) groups excluding carboxylic acids is 3. The van der Waals surface area contributed by atoms with E-state index in [0.29, 0.717) is 36.5 Å². The van der Waals surface area contributed by atoms with Gasteiger partial charge in [-0.15, -0.1) is 0 Å². The lowest BCUT2D eigenvalue weighted by atomic mass is 9.97. The summed E-state index contributed by atoms with van der Waals surface area (Å²) >= 11 is 0. The fourth-order valence-electron chi connectivity index (χ4n) is 3.45. The van der Waals surface area contributed by atoms with Crippen LogP contribution in [0.25, 0.3) is 11.3 Å². The first kappa shape index (κ1) is 21.4. The number of esters is 1. The smallest absolute Gasteiger partial charge is 0.330 e. The average molecular weight is 410 g/mol. The summed E-state index contributed by atoms with van der Waals surface area (Å²) in [5.74, 6) is 0.0380. The molecule has 0 spiro atoms. The van der Waals surface area contributed by atoms with Gasteiger partial charge in [-0.2, -0.15) is 0 Å². The normalized spacial score (nSPS) is 17.0. The molecule has 1 aliphatic heterocycles. The molecule has 2 N–H and O–H groups in total. The summed E-state index contributed by atoms with van der Waals surface area (Å²) in [6, 6.07) is 10.7. The molecule has 3 rings (SSSR count). The Kier molecular flexibility index (Phi) is 7.06. The average Bonchev–Trinajstić information content (AvgIpc) is 3.32. The molecule has 158 valence electrons. The number of ether oxygens (including phenoxy) is 1. The molecule has 2 amide bonds. The molecule has 2 heterocycles. The van der Waals surface area contributed by atoms with E-state index in [1.165, 1.54) is 6.08 Å². The van der Waals surface area contributed by atoms with Gasteiger partial charge in [0, 0.05) is 30.1 Å². The number of carbonyl (C=O) groups is 3. The van der Waals surface area contributed by atoms with Gasteiger partial charge in [0.2, 0.25) is 5.91 Å². The molecule has 1 aromatic carbocycles. The van der Waals surface area contributed by atoms with Gasteiger partial charge in [0.15, 0.2) is 0 Å². The minimum atomic E-state index is -0.495. The molecule has 30 heavy (non-hydrogen) atoms. The van der Waals surface area contributed by atoms with E-state index in [0.717, 1.165) is 5.56 Å². The predicted molar refractivity (Wildman–Crippen MR) is 112 cm³/mol. The summed E-state index contributed by atoms with van der Waals surface area (Å²) < 4.78 is 10.7. The first-order valence-electron chi connectivity index (χ1n) is 10.1. The third-order valence-corrected chi connectivity index (χ3v) is 4.99. The molecule has 1 aliphatic rings. The summed E-state index contributed by atoms with van der Waals surface area (Å²) in [6.45, 7) is 4.34. The van der Waals surface area contributed by atoms with Gasteiger partial charge in [0.1, 0.15) is 11.5 Å². The number of furan rings is 1. The predicted octanol–water partition coefficient (Wildman–Crippen LogP) is 3.00. The van der Waals surface area contributed by atoms with Gasteiger partial charge < -0.3 is 19.8 Å². The molecule has 2 unspecified atom stereocenters. The standard InChI is InChI=1S/C23H26N2O5/c1-3-29-21(26)10-9-18(13-17-11-12-24-22(17)27)25-23(28)19-14-20(30-15(19)2)16-7-5-4-6-8-16/h4-10,14,17-18H,3,11-13H2,1-2H3,(H,24,27)(H,25,28)/b10-9+. The molecular weight excluding hydrogens is 384 g/mol. The van der Waals surface area contributed by atoms with Crippen LogP contribution in [0.15, 0.2) is 53.0 Å². The molecule has 0 saturated carbocycles. The van der Waals surface area contributed by atoms with E-state index in [-0.39, 0.29) is 24.3 Å². The van der Waals surface area contributed by atoms with E-state index in [9.17, 15) is 14.4 Å². The zero-order valence-corrected chi connectivity index (χ0v) is 17.1. The number of nitrogens with one attached hydrogen (secondary N) is 2. The lowest BCUT2D eigenvalue weighted by Gasteiger charge is -2.17. The largest absolute Gasteiger partial charge is 0.463 e. The first-order valence-corrected chi connectivity index (χ1v) is 10.1. The SMILES string of the molecule is CCOC(=O)/C=C/C(CC1CCNC1=O)NC(=O)c1cc(-c2ccccc2)oc1C. The van der Waals surface area contributed by atoms with E-state index in [1.54, 1.807) is 26.0 Å². The summed E-state index contributed by atoms with van der Waals surface area (Å²) in [5.41, 5.74) is 1.29. The van der Waals surface area contributed by atoms with Gasteiger partial charge in [0.05, 0.1) is 12.2 Å². The maximum absolute atomic E-state index is 12.9. The topological polar surface area (TPSA) is 97.6 Å². The first-order chi connectivity index (χ1) is 14.5. The van der Waals surface area contributed by atoms with Crippen LogP contribution in [0.4, 0.5) is 0 Å². The van der Waals surface area contributed by atoms with E-state index in [2.05, 4.69) is 10.6 Å². The third kappa shape index (κ3) is 5.37. The summed E-state index contributed by atoms with van der Waals surface area (Å²) in [5, 5.41) is 5.70. The Balaban J connectivity index is 1.75. The van der Waals surface area contributed by atoms with Crippen molar-refractivity contribution in [2.45, 2.75) is 32.7 Å². The van der Waals surface area contributed by atoms with Crippen molar-refractivity contribution in [3.05, 3.63) is 59.9 Å². The van der Waals surface area contributed by atoms with E-state index >= 15 is 0 Å². The summed E-state index contributed by atoms with van der Waals surface area (Å²) in [4.78, 5) is 36.6. The second-order valence-electron chi connectivity index (χ2n) is 7.15. The van der Waals surface area contributed by atoms with Crippen LogP contribution in [0.3, 0.4) is 0 Å². The Morgan fingerprint density at radius 1 is 1.33 bits per heavy atom. The summed E-state index contributed by atoms with van der Waals surface area (Å²) in [7, 11) is 0. The maximum atomic E-state index is 12.9. The maximum Gasteiger partial charge on any atom is 0.330 e. The minimum absolute atomic E-state index is 0.0374. The van der Waals surface area contributed by atoms with Crippen molar-refractivity contribution in [2.75, 3.05) is 13.2 Å². The summed E-state index contributed by atoms with van der Waals surface area (Å²) in [6.07, 6.45) is 3.96. The van der Waals surface area contributed by atoms with Crippen molar-refractivity contribution in [2.24, 2.45) is 5.92 Å². The Morgan fingerprint density at radius 3 is 2.77 bits per heavy atom. The van der Waals surface area contributed by atoms with Crippen molar-refractivity contribution < 1.29 is 23.5 Å². The number of rotatable bonds is 8. The molecule has 1 saturated heterocycles. The highest BCUT2D eigenvalue weighted by Gasteiger charge is 2.28. The van der Waals surface area contributed by atoms with E-state index in [4.69, 9.17) is 9.15 Å². The van der Waals surface area contributed by atoms with Gasteiger partial charge in [-0.25, -0.2) is 4.79 Å². The Bertz CT molecular complexity index is 932. The number of benzene rings is 1. The highest BCUT2D eigenvalue weighted by molar-refractivity contribution is 5.96. The Morgan fingerprint density at radius 2 is 2.10 bits per heavy atom. The van der Waals surface area contributed by atoms with Gasteiger partial charge >= 0.3 is 5.97 Å². The van der Waals surface area contributed by atoms with Crippen LogP contribution in [0.1, 0.15) is 35.9 Å². The highest BCUT2D eigenvalue weighted by atomic mass is 16.5. The lowest BCUT2D eigenvalue weighted by molar-refractivity contribution is -0.137. The molecular formula is C23H26N2O5. The second-order valence-corrected chi connectivity index (χ2v) is 7.15. The van der Waals surface area contributed by atoms with E-state index in [1.807, 2.05) is 30.3 Å². The van der Waals surface area contributed by atoms with E-state index < -0.39 is 12.0 Å². The zero-order chi connectivity index (χ0) is 21.5. The fraction of sp³-hybridized carbons (Fsp3) is 0.348. The molecule has 0 aliphatic carbocycles. The van der Waals surface area contributed by atoms with Crippen LogP contribution in [0, 0.1) is 12.8 Å². The molecule has 2 atom stereocenters. The van der Waals surface area contributed by atoms with Crippen LogP contribution in [0.2, 0.25) is 0 Å². The van der Waals surface area contributed by atoms with Crippen molar-refractivity contribution in [3.63, 3.8) is 0 Å². The van der Waals surface area contributed by atoms with Crippen molar-refractivity contribution in [3.8, 4) is 11.3 Å². The van der Waals surface area contributed by atoms with Crippen LogP contribution in [-0.4, -0.2) is 37.0 Å². The molecule has 1 aromatic heterocycles. The molecule has 7 nitrogen and oxygen atoms in total. The lowest BCUT2D eigenvalue weighted by Crippen LogP contribution is -2.36. The third-order valence-electron chi connectivity index (χ3n) is 4.99. The number of hydrogen-bond acceptors (Lipinski definition) is 5. The number of hydrogen-bond donors (Lipinski definition) is 2. The molecule has 0 bridgehead atoms. The highest BCUT2D eigenvalue weighted by Crippen LogP contribution is 2.25. The van der Waals surface area contributed by atoms with Gasteiger partial charge in [-0.3, -0.25) is 9.59 Å². The van der Waals surface area contributed by atoms with Gasteiger partial charge in [-0.1, -0.05) is 36.4 Å². The van der Waals surface area contributed by atoms with Crippen LogP contribution >= 0.6 is 0 Å². The quantitative estimate of drug-likeness (QED) is 0.515. The number of amides is 2. The van der Waals surface area contributed by atoms with Crippen molar-refractivity contribution in [1.29, 1.82) is 0 Å². The van der Waals surface area contributed by atoms with Gasteiger partial charge in [0.25, 0.3) is 5.91 Å².